The fraction of sp³-hybridized carbons (Fsp3) is 0.125. The van der Waals surface area contributed by atoms with E-state index in [1.54, 1.807) is 19.2 Å². The predicted octanol–water partition coefficient (Wildman–Crippen LogP) is 0.622. The Bertz CT molecular complexity index is 468. The van der Waals surface area contributed by atoms with E-state index < -0.39 is 0 Å². The largest absolute Gasteiger partial charge is 0.372 e. The van der Waals surface area contributed by atoms with Gasteiger partial charge in [-0.1, -0.05) is 4.49 Å². The van der Waals surface area contributed by atoms with E-state index in [0.29, 0.717) is 10.8 Å². The van der Waals surface area contributed by atoms with Crippen molar-refractivity contribution in [1.29, 1.82) is 0 Å². The molecule has 0 bridgehead atoms. The van der Waals surface area contributed by atoms with Gasteiger partial charge in [0.2, 0.25) is 0 Å². The molecule has 0 aromatic carbocycles. The molecule has 0 atom stereocenters. The lowest BCUT2D eigenvalue weighted by molar-refractivity contribution is 0.102. The Morgan fingerprint density at radius 3 is 2.81 bits per heavy atom. The molecule has 0 aliphatic carbocycles. The maximum atomic E-state index is 11.6. The van der Waals surface area contributed by atoms with Crippen molar-refractivity contribution in [3.05, 3.63) is 24.0 Å². The molecular formula is C8H8N6OS. The Morgan fingerprint density at radius 1 is 1.38 bits per heavy atom. The third-order valence-electron chi connectivity index (χ3n) is 1.75. The van der Waals surface area contributed by atoms with Crippen molar-refractivity contribution in [2.24, 2.45) is 0 Å². The van der Waals surface area contributed by atoms with Gasteiger partial charge < -0.3 is 10.6 Å². The van der Waals surface area contributed by atoms with Crippen molar-refractivity contribution < 1.29 is 4.79 Å². The molecule has 16 heavy (non-hydrogen) atoms. The monoisotopic (exact) mass is 236 g/mol. The lowest BCUT2D eigenvalue weighted by Crippen LogP contribution is -2.13. The van der Waals surface area contributed by atoms with Crippen molar-refractivity contribution in [2.75, 3.05) is 17.7 Å². The van der Waals surface area contributed by atoms with Crippen molar-refractivity contribution >= 4 is 28.3 Å². The first-order chi connectivity index (χ1) is 7.79. The Labute approximate surface area is 95.1 Å². The van der Waals surface area contributed by atoms with Crippen LogP contribution in [-0.2, 0) is 0 Å². The molecule has 2 heterocycles. The normalized spacial score (nSPS) is 9.81. The van der Waals surface area contributed by atoms with Crippen LogP contribution in [0.5, 0.6) is 0 Å². The number of aromatic nitrogens is 4. The van der Waals surface area contributed by atoms with Crippen LogP contribution in [0.25, 0.3) is 0 Å². The van der Waals surface area contributed by atoms with Gasteiger partial charge in [0.1, 0.15) is 10.8 Å². The highest BCUT2D eigenvalue weighted by atomic mass is 32.1. The zero-order chi connectivity index (χ0) is 11.4. The van der Waals surface area contributed by atoms with Gasteiger partial charge in [-0.3, -0.25) is 4.79 Å². The summed E-state index contributed by atoms with van der Waals surface area (Å²) in [6.07, 6.45) is 1.47. The molecule has 0 spiro atoms. The topological polar surface area (TPSA) is 92.7 Å². The molecular weight excluding hydrogens is 228 g/mol. The molecule has 2 aromatic rings. The van der Waals surface area contributed by atoms with Gasteiger partial charge in [-0.2, -0.15) is 0 Å². The number of carbonyl (C=O) groups is 1. The number of carbonyl (C=O) groups excluding carboxylic acids is 1. The van der Waals surface area contributed by atoms with E-state index in [4.69, 9.17) is 0 Å². The van der Waals surface area contributed by atoms with Gasteiger partial charge in [0.25, 0.3) is 5.91 Å². The molecule has 0 fully saturated rings. The zero-order valence-corrected chi connectivity index (χ0v) is 9.15. The number of hydrogen-bond donors (Lipinski definition) is 2. The highest BCUT2D eigenvalue weighted by molar-refractivity contribution is 7.10. The molecule has 0 saturated heterocycles. The molecule has 0 radical (unpaired) electrons. The summed E-state index contributed by atoms with van der Waals surface area (Å²) in [6, 6.07) is 3.26. The van der Waals surface area contributed by atoms with Crippen LogP contribution in [0.4, 0.5) is 10.8 Å². The number of amides is 1. The number of hydrogen-bond acceptors (Lipinski definition) is 7. The first kappa shape index (κ1) is 10.4. The molecule has 2 N–H and O–H groups in total. The molecule has 0 saturated carbocycles. The molecule has 0 aliphatic heterocycles. The summed E-state index contributed by atoms with van der Waals surface area (Å²) < 4.78 is 3.63. The molecule has 0 unspecified atom stereocenters. The number of nitrogens with one attached hydrogen (secondary N) is 2. The summed E-state index contributed by atoms with van der Waals surface area (Å²) in [7, 11) is 1.73. The molecule has 82 valence electrons. The van der Waals surface area contributed by atoms with E-state index in [1.165, 1.54) is 6.20 Å². The Kier molecular flexibility index (Phi) is 3.01. The smallest absolute Gasteiger partial charge is 0.276 e. The molecule has 2 aromatic heterocycles. The SMILES string of the molecule is CNc1ccc(C(=O)Nc2cnns2)nn1. The summed E-state index contributed by atoms with van der Waals surface area (Å²) in [6.45, 7) is 0. The van der Waals surface area contributed by atoms with Crippen LogP contribution in [0.1, 0.15) is 10.5 Å². The molecule has 1 amide bonds. The second kappa shape index (κ2) is 4.62. The quantitative estimate of drug-likeness (QED) is 0.811. The molecule has 8 heteroatoms. The summed E-state index contributed by atoms with van der Waals surface area (Å²) in [5.41, 5.74) is 0.243. The summed E-state index contributed by atoms with van der Waals surface area (Å²) >= 11 is 1.10. The minimum absolute atomic E-state index is 0.243. The van der Waals surface area contributed by atoms with Crippen LogP contribution in [0, 0.1) is 0 Å². The fourth-order valence-corrected chi connectivity index (χ4v) is 1.40. The van der Waals surface area contributed by atoms with Gasteiger partial charge in [0.05, 0.1) is 6.20 Å². The summed E-state index contributed by atoms with van der Waals surface area (Å²) in [4.78, 5) is 11.6. The van der Waals surface area contributed by atoms with E-state index in [0.717, 1.165) is 11.5 Å². The van der Waals surface area contributed by atoms with E-state index in [1.807, 2.05) is 0 Å². The van der Waals surface area contributed by atoms with Gasteiger partial charge in [0.15, 0.2) is 5.69 Å². The zero-order valence-electron chi connectivity index (χ0n) is 8.34. The Balaban J connectivity index is 2.09. The number of nitrogens with zero attached hydrogens (tertiary/aromatic N) is 4. The minimum Gasteiger partial charge on any atom is -0.372 e. The minimum atomic E-state index is -0.332. The standard InChI is InChI=1S/C8H8N6OS/c1-9-6-3-2-5(12-13-6)8(15)11-7-4-10-14-16-7/h2-4H,1H3,(H,9,13)(H,11,15). The first-order valence-corrected chi connectivity index (χ1v) is 5.17. The first-order valence-electron chi connectivity index (χ1n) is 4.40. The maximum Gasteiger partial charge on any atom is 0.276 e. The lowest BCUT2D eigenvalue weighted by atomic mass is 10.3. The summed E-state index contributed by atoms with van der Waals surface area (Å²) in [5.74, 6) is 0.275. The average Bonchev–Trinajstić information content (AvgIpc) is 2.82. The maximum absolute atomic E-state index is 11.6. The van der Waals surface area contributed by atoms with E-state index in [2.05, 4.69) is 30.4 Å². The lowest BCUT2D eigenvalue weighted by Gasteiger charge is -2.01. The number of rotatable bonds is 3. The molecule has 7 nitrogen and oxygen atoms in total. The van der Waals surface area contributed by atoms with Gasteiger partial charge in [-0.15, -0.1) is 15.3 Å². The van der Waals surface area contributed by atoms with Crippen molar-refractivity contribution in [3.63, 3.8) is 0 Å². The van der Waals surface area contributed by atoms with Crippen molar-refractivity contribution in [3.8, 4) is 0 Å². The van der Waals surface area contributed by atoms with Crippen molar-refractivity contribution in [1.82, 2.24) is 19.8 Å². The molecule has 2 rings (SSSR count). The van der Waals surface area contributed by atoms with Crippen LogP contribution in [0.15, 0.2) is 18.3 Å². The van der Waals surface area contributed by atoms with Gasteiger partial charge in [0, 0.05) is 18.6 Å². The third kappa shape index (κ3) is 2.28. The van der Waals surface area contributed by atoms with Crippen LogP contribution in [0.3, 0.4) is 0 Å². The second-order valence-corrected chi connectivity index (χ2v) is 3.58. The van der Waals surface area contributed by atoms with Crippen molar-refractivity contribution in [2.45, 2.75) is 0 Å². The van der Waals surface area contributed by atoms with Gasteiger partial charge >= 0.3 is 0 Å². The third-order valence-corrected chi connectivity index (χ3v) is 2.33. The van der Waals surface area contributed by atoms with Gasteiger partial charge in [-0.05, 0) is 12.1 Å². The van der Waals surface area contributed by atoms with Crippen LogP contribution < -0.4 is 10.6 Å². The highest BCUT2D eigenvalue weighted by Gasteiger charge is 2.09. The van der Waals surface area contributed by atoms with E-state index in [-0.39, 0.29) is 11.6 Å². The number of anilines is 2. The Hall–Kier alpha value is -2.09. The van der Waals surface area contributed by atoms with Crippen LogP contribution >= 0.6 is 11.5 Å². The second-order valence-electron chi connectivity index (χ2n) is 2.79. The van der Waals surface area contributed by atoms with Crippen LogP contribution in [-0.4, -0.2) is 32.7 Å². The van der Waals surface area contributed by atoms with Crippen LogP contribution in [0.2, 0.25) is 0 Å². The van der Waals surface area contributed by atoms with Gasteiger partial charge in [-0.25, -0.2) is 0 Å². The fourth-order valence-electron chi connectivity index (χ4n) is 0.985. The average molecular weight is 236 g/mol. The van der Waals surface area contributed by atoms with E-state index in [9.17, 15) is 4.79 Å². The highest BCUT2D eigenvalue weighted by Crippen LogP contribution is 2.10. The molecule has 0 aliphatic rings. The Morgan fingerprint density at radius 2 is 2.25 bits per heavy atom. The summed E-state index contributed by atoms with van der Waals surface area (Å²) in [5, 5.41) is 17.2. The predicted molar refractivity (Wildman–Crippen MR) is 59.4 cm³/mol. The van der Waals surface area contributed by atoms with E-state index >= 15 is 0 Å².